The lowest BCUT2D eigenvalue weighted by Gasteiger charge is -2.06. The molecule has 0 spiro atoms. The molecule has 2 rings (SSSR count). The molecule has 2 N–H and O–H groups in total. The summed E-state index contributed by atoms with van der Waals surface area (Å²) in [4.78, 5) is 23.0. The van der Waals surface area contributed by atoms with Crippen LogP contribution >= 0.6 is 11.8 Å². The number of carbonyl (C=O) groups is 2. The third kappa shape index (κ3) is 4.42. The van der Waals surface area contributed by atoms with E-state index in [0.717, 1.165) is 11.8 Å². The first-order valence-electron chi connectivity index (χ1n) is 6.98. The lowest BCUT2D eigenvalue weighted by atomic mass is 10.2. The van der Waals surface area contributed by atoms with Gasteiger partial charge >= 0.3 is 6.03 Å². The molecule has 9 heteroatoms. The Morgan fingerprint density at radius 1 is 1.38 bits per heavy atom. The van der Waals surface area contributed by atoms with Crippen LogP contribution in [0.4, 0.5) is 9.18 Å². The van der Waals surface area contributed by atoms with E-state index in [2.05, 4.69) is 27.4 Å². The quantitative estimate of drug-likeness (QED) is 0.612. The highest BCUT2D eigenvalue weighted by Gasteiger charge is 2.16. The van der Waals surface area contributed by atoms with Crippen LogP contribution in [-0.2, 0) is 11.8 Å². The average molecular weight is 349 g/mol. The number of carbonyl (C=O) groups excluding carboxylic acids is 2. The molecule has 0 aliphatic heterocycles. The number of nitrogens with zero attached hydrogens (tertiary/aromatic N) is 3. The maximum atomic E-state index is 13.8. The maximum absolute atomic E-state index is 13.8. The lowest BCUT2D eigenvalue weighted by molar-refractivity contribution is -0.117. The normalized spacial score (nSPS) is 10.2. The molecule has 7 nitrogen and oxygen atoms in total. The molecule has 2 aromatic rings. The number of halogens is 1. The molecular weight excluding hydrogens is 333 g/mol. The summed E-state index contributed by atoms with van der Waals surface area (Å²) in [7, 11) is 1.68. The van der Waals surface area contributed by atoms with Gasteiger partial charge in [0.25, 0.3) is 0 Å². The molecule has 1 aromatic heterocycles. The van der Waals surface area contributed by atoms with Gasteiger partial charge in [-0.3, -0.25) is 10.1 Å². The smallest absolute Gasteiger partial charge is 0.321 e. The van der Waals surface area contributed by atoms with Crippen LogP contribution in [0.25, 0.3) is 11.4 Å². The zero-order chi connectivity index (χ0) is 17.5. The van der Waals surface area contributed by atoms with E-state index in [-0.39, 0.29) is 12.3 Å². The third-order valence-electron chi connectivity index (χ3n) is 2.94. The van der Waals surface area contributed by atoms with Crippen LogP contribution < -0.4 is 10.6 Å². The van der Waals surface area contributed by atoms with Crippen molar-refractivity contribution in [2.75, 3.05) is 12.3 Å². The summed E-state index contributed by atoms with van der Waals surface area (Å²) in [5.41, 5.74) is 0.326. The van der Waals surface area contributed by atoms with Crippen LogP contribution in [0.2, 0.25) is 0 Å². The summed E-state index contributed by atoms with van der Waals surface area (Å²) < 4.78 is 15.4. The van der Waals surface area contributed by atoms with Gasteiger partial charge in [0.05, 0.1) is 11.3 Å². The van der Waals surface area contributed by atoms with Crippen molar-refractivity contribution in [3.8, 4) is 11.4 Å². The molecule has 1 aromatic carbocycles. The Kier molecular flexibility index (Phi) is 6.07. The van der Waals surface area contributed by atoms with Crippen molar-refractivity contribution >= 4 is 23.7 Å². The number of hydrogen-bond acceptors (Lipinski definition) is 5. The van der Waals surface area contributed by atoms with Crippen molar-refractivity contribution in [1.82, 2.24) is 25.4 Å². The fraction of sp³-hybridized carbons (Fsp3) is 0.200. The summed E-state index contributed by atoms with van der Waals surface area (Å²) >= 11 is 1.10. The Labute approximate surface area is 142 Å². The summed E-state index contributed by atoms with van der Waals surface area (Å²) in [5.74, 6) is -0.539. The average Bonchev–Trinajstić information content (AvgIpc) is 2.92. The van der Waals surface area contributed by atoms with Crippen LogP contribution in [0, 0.1) is 5.82 Å². The van der Waals surface area contributed by atoms with Crippen molar-refractivity contribution in [2.45, 2.75) is 5.16 Å². The van der Waals surface area contributed by atoms with Crippen LogP contribution in [0.15, 0.2) is 42.1 Å². The number of thioether (sulfide) groups is 1. The van der Waals surface area contributed by atoms with E-state index in [1.807, 2.05) is 0 Å². The van der Waals surface area contributed by atoms with Gasteiger partial charge in [-0.25, -0.2) is 9.18 Å². The second kappa shape index (κ2) is 8.25. The SMILES string of the molecule is C=CCNC(=O)NC(=O)CSc1nnc(-c2ccccc2F)n1C. The van der Waals surface area contributed by atoms with Gasteiger partial charge in [0, 0.05) is 13.6 Å². The molecule has 0 aliphatic carbocycles. The van der Waals surface area contributed by atoms with E-state index >= 15 is 0 Å². The van der Waals surface area contributed by atoms with Crippen molar-refractivity contribution in [3.05, 3.63) is 42.7 Å². The summed E-state index contributed by atoms with van der Waals surface area (Å²) in [6, 6.07) is 5.64. The maximum Gasteiger partial charge on any atom is 0.321 e. The molecule has 0 saturated carbocycles. The van der Waals surface area contributed by atoms with Gasteiger partial charge in [-0.2, -0.15) is 0 Å². The molecule has 126 valence electrons. The van der Waals surface area contributed by atoms with Gasteiger partial charge in [0.15, 0.2) is 11.0 Å². The number of aromatic nitrogens is 3. The van der Waals surface area contributed by atoms with E-state index in [4.69, 9.17) is 0 Å². The number of nitrogens with one attached hydrogen (secondary N) is 2. The first-order chi connectivity index (χ1) is 11.5. The van der Waals surface area contributed by atoms with Gasteiger partial charge in [-0.15, -0.1) is 16.8 Å². The van der Waals surface area contributed by atoms with E-state index < -0.39 is 17.8 Å². The Bertz CT molecular complexity index is 762. The predicted molar refractivity (Wildman–Crippen MR) is 88.9 cm³/mol. The number of rotatable bonds is 6. The van der Waals surface area contributed by atoms with Crippen LogP contribution in [0.3, 0.4) is 0 Å². The third-order valence-corrected chi connectivity index (χ3v) is 3.96. The molecule has 0 bridgehead atoms. The summed E-state index contributed by atoms with van der Waals surface area (Å²) in [6.45, 7) is 3.72. The van der Waals surface area contributed by atoms with Crippen molar-refractivity contribution in [1.29, 1.82) is 0 Å². The molecule has 0 unspecified atom stereocenters. The molecule has 0 fully saturated rings. The minimum atomic E-state index is -0.592. The lowest BCUT2D eigenvalue weighted by Crippen LogP contribution is -2.40. The largest absolute Gasteiger partial charge is 0.334 e. The standard InChI is InChI=1S/C15H16FN5O2S/c1-3-8-17-14(23)18-12(22)9-24-15-20-19-13(21(15)2)10-6-4-5-7-11(10)16/h3-7H,1,8-9H2,2H3,(H2,17,18,22,23). The van der Waals surface area contributed by atoms with Gasteiger partial charge < -0.3 is 9.88 Å². The van der Waals surface area contributed by atoms with Crippen LogP contribution in [0.1, 0.15) is 0 Å². The number of hydrogen-bond donors (Lipinski definition) is 2. The van der Waals surface area contributed by atoms with Gasteiger partial charge in [-0.1, -0.05) is 30.0 Å². The van der Waals surface area contributed by atoms with Crippen LogP contribution in [-0.4, -0.2) is 39.0 Å². The Morgan fingerprint density at radius 2 is 2.12 bits per heavy atom. The topological polar surface area (TPSA) is 88.9 Å². The second-order valence-electron chi connectivity index (χ2n) is 4.68. The highest BCUT2D eigenvalue weighted by Crippen LogP contribution is 2.24. The van der Waals surface area contributed by atoms with Crippen molar-refractivity contribution in [3.63, 3.8) is 0 Å². The van der Waals surface area contributed by atoms with Gasteiger partial charge in [-0.05, 0) is 12.1 Å². The number of urea groups is 1. The molecule has 0 saturated heterocycles. The summed E-state index contributed by atoms with van der Waals surface area (Å²) in [5, 5.41) is 13.0. The zero-order valence-corrected chi connectivity index (χ0v) is 13.8. The first kappa shape index (κ1) is 17.7. The Hall–Kier alpha value is -2.68. The van der Waals surface area contributed by atoms with E-state index in [1.165, 1.54) is 12.1 Å². The summed E-state index contributed by atoms with van der Waals surface area (Å²) in [6.07, 6.45) is 1.50. The zero-order valence-electron chi connectivity index (χ0n) is 13.0. The fourth-order valence-corrected chi connectivity index (χ4v) is 2.53. The predicted octanol–water partition coefficient (Wildman–Crippen LogP) is 1.73. The Balaban J connectivity index is 1.97. The number of imide groups is 1. The number of amides is 3. The number of benzene rings is 1. The van der Waals surface area contributed by atoms with Crippen LogP contribution in [0.5, 0.6) is 0 Å². The molecule has 0 atom stereocenters. The highest BCUT2D eigenvalue weighted by molar-refractivity contribution is 7.99. The van der Waals surface area contributed by atoms with E-state index in [9.17, 15) is 14.0 Å². The van der Waals surface area contributed by atoms with Gasteiger partial charge in [0.1, 0.15) is 5.82 Å². The molecule has 0 aliphatic rings. The van der Waals surface area contributed by atoms with Crippen molar-refractivity contribution < 1.29 is 14.0 Å². The molecule has 0 radical (unpaired) electrons. The first-order valence-corrected chi connectivity index (χ1v) is 7.97. The second-order valence-corrected chi connectivity index (χ2v) is 5.62. The van der Waals surface area contributed by atoms with E-state index in [0.29, 0.717) is 16.5 Å². The molecule has 1 heterocycles. The van der Waals surface area contributed by atoms with Gasteiger partial charge in [0.2, 0.25) is 5.91 Å². The minimum absolute atomic E-state index is 0.0231. The minimum Gasteiger partial charge on any atom is -0.334 e. The molecule has 24 heavy (non-hydrogen) atoms. The van der Waals surface area contributed by atoms with Crippen molar-refractivity contribution in [2.24, 2.45) is 7.05 Å². The molecule has 3 amide bonds. The fourth-order valence-electron chi connectivity index (χ4n) is 1.82. The van der Waals surface area contributed by atoms with E-state index in [1.54, 1.807) is 29.8 Å². The Morgan fingerprint density at radius 3 is 2.83 bits per heavy atom. The monoisotopic (exact) mass is 349 g/mol. The molecular formula is C15H16FN5O2S. The highest BCUT2D eigenvalue weighted by atomic mass is 32.2.